The summed E-state index contributed by atoms with van der Waals surface area (Å²) in [6.07, 6.45) is 5.53. The van der Waals surface area contributed by atoms with Gasteiger partial charge in [0.1, 0.15) is 0 Å². The second-order valence-corrected chi connectivity index (χ2v) is 6.59. The summed E-state index contributed by atoms with van der Waals surface area (Å²) in [4.78, 5) is 38.3. The van der Waals surface area contributed by atoms with E-state index in [1.54, 1.807) is 30.3 Å². The van der Waals surface area contributed by atoms with Crippen molar-refractivity contribution < 1.29 is 19.5 Å². The quantitative estimate of drug-likeness (QED) is 0.870. The smallest absolute Gasteiger partial charge is 0.331 e. The Hall–Kier alpha value is -2.17. The number of nitrogens with zero attached hydrogens (tertiary/aromatic N) is 1. The Kier molecular flexibility index (Phi) is 4.20. The standard InChI is InChI=1S/C18H21NO4/c20-14-12-18(10-6-1-2-7-11-18)17(23)19(14)15(16(21)22)13-8-4-3-5-9-13/h3-5,8-9,15H,1-2,6-7,10-12H2,(H,21,22)/t15-/m1/s1. The predicted octanol–water partition coefficient (Wildman–Crippen LogP) is 2.91. The fraction of sp³-hybridized carbons (Fsp3) is 0.500. The third-order valence-electron chi connectivity index (χ3n) is 5.10. The molecule has 1 heterocycles. The van der Waals surface area contributed by atoms with E-state index in [0.29, 0.717) is 18.4 Å². The molecule has 0 radical (unpaired) electrons. The van der Waals surface area contributed by atoms with Crippen LogP contribution in [0.5, 0.6) is 0 Å². The molecule has 1 aromatic rings. The molecule has 1 aliphatic heterocycles. The Bertz CT molecular complexity index is 617. The minimum absolute atomic E-state index is 0.155. The lowest BCUT2D eigenvalue weighted by Crippen LogP contribution is -2.41. The van der Waals surface area contributed by atoms with Crippen LogP contribution in [0.25, 0.3) is 0 Å². The number of carbonyl (C=O) groups is 3. The van der Waals surface area contributed by atoms with Gasteiger partial charge in [-0.25, -0.2) is 4.79 Å². The van der Waals surface area contributed by atoms with Crippen molar-refractivity contribution in [1.29, 1.82) is 0 Å². The Labute approximate surface area is 135 Å². The lowest BCUT2D eigenvalue weighted by Gasteiger charge is -2.28. The van der Waals surface area contributed by atoms with Crippen molar-refractivity contribution >= 4 is 17.8 Å². The molecule has 0 aromatic heterocycles. The van der Waals surface area contributed by atoms with Gasteiger partial charge < -0.3 is 5.11 Å². The summed E-state index contributed by atoms with van der Waals surface area (Å²) in [6, 6.07) is 7.30. The molecule has 0 unspecified atom stereocenters. The van der Waals surface area contributed by atoms with Crippen molar-refractivity contribution in [2.45, 2.75) is 51.0 Å². The molecule has 1 aliphatic carbocycles. The fourth-order valence-corrected chi connectivity index (χ4v) is 3.91. The third-order valence-corrected chi connectivity index (χ3v) is 5.10. The topological polar surface area (TPSA) is 74.7 Å². The predicted molar refractivity (Wildman–Crippen MR) is 83.4 cm³/mol. The second-order valence-electron chi connectivity index (χ2n) is 6.59. The van der Waals surface area contributed by atoms with Gasteiger partial charge in [0.05, 0.1) is 5.41 Å². The average Bonchev–Trinajstić information content (AvgIpc) is 2.71. The van der Waals surface area contributed by atoms with Crippen LogP contribution in [0.15, 0.2) is 30.3 Å². The molecule has 1 saturated carbocycles. The molecular formula is C18H21NO4. The molecule has 5 heteroatoms. The van der Waals surface area contributed by atoms with Gasteiger partial charge in [0.25, 0.3) is 0 Å². The van der Waals surface area contributed by atoms with Crippen LogP contribution in [0.2, 0.25) is 0 Å². The summed E-state index contributed by atoms with van der Waals surface area (Å²) in [6.45, 7) is 0. The first-order valence-corrected chi connectivity index (χ1v) is 8.19. The molecule has 1 spiro atoms. The molecule has 122 valence electrons. The largest absolute Gasteiger partial charge is 0.479 e. The highest BCUT2D eigenvalue weighted by Crippen LogP contribution is 2.46. The summed E-state index contributed by atoms with van der Waals surface area (Å²) in [7, 11) is 0. The normalized spacial score (nSPS) is 22.2. The minimum atomic E-state index is -1.22. The monoisotopic (exact) mass is 315 g/mol. The highest BCUT2D eigenvalue weighted by molar-refractivity contribution is 6.08. The zero-order chi connectivity index (χ0) is 16.4. The first kappa shape index (κ1) is 15.7. The van der Waals surface area contributed by atoms with Gasteiger partial charge in [-0.15, -0.1) is 0 Å². The van der Waals surface area contributed by atoms with Crippen LogP contribution in [-0.4, -0.2) is 27.8 Å². The van der Waals surface area contributed by atoms with Crippen molar-refractivity contribution in [1.82, 2.24) is 4.90 Å². The van der Waals surface area contributed by atoms with Crippen LogP contribution in [0.1, 0.15) is 56.6 Å². The van der Waals surface area contributed by atoms with Crippen molar-refractivity contribution in [2.24, 2.45) is 5.41 Å². The number of benzene rings is 1. The first-order chi connectivity index (χ1) is 11.1. The molecule has 1 aromatic carbocycles. The van der Waals surface area contributed by atoms with Gasteiger partial charge in [0.15, 0.2) is 6.04 Å². The summed E-state index contributed by atoms with van der Waals surface area (Å²) >= 11 is 0. The minimum Gasteiger partial charge on any atom is -0.479 e. The molecular weight excluding hydrogens is 294 g/mol. The maximum absolute atomic E-state index is 13.0. The molecule has 1 atom stereocenters. The number of carboxylic acid groups (broad SMARTS) is 1. The SMILES string of the molecule is O=C(O)[C@@H](c1ccccc1)N1C(=O)CC2(CCCCCC2)C1=O. The third kappa shape index (κ3) is 2.76. The van der Waals surface area contributed by atoms with Gasteiger partial charge in [-0.05, 0) is 18.4 Å². The number of amides is 2. The highest BCUT2D eigenvalue weighted by Gasteiger charge is 2.54. The van der Waals surface area contributed by atoms with Crippen LogP contribution in [-0.2, 0) is 14.4 Å². The Balaban J connectivity index is 1.96. The number of hydrogen-bond donors (Lipinski definition) is 1. The van der Waals surface area contributed by atoms with Gasteiger partial charge in [-0.2, -0.15) is 0 Å². The van der Waals surface area contributed by atoms with Gasteiger partial charge in [-0.1, -0.05) is 56.0 Å². The molecule has 3 rings (SSSR count). The highest BCUT2D eigenvalue weighted by atomic mass is 16.4. The molecule has 1 N–H and O–H groups in total. The van der Waals surface area contributed by atoms with Crippen LogP contribution < -0.4 is 0 Å². The molecule has 23 heavy (non-hydrogen) atoms. The maximum atomic E-state index is 13.0. The van der Waals surface area contributed by atoms with Crippen LogP contribution in [0, 0.1) is 5.41 Å². The fourth-order valence-electron chi connectivity index (χ4n) is 3.91. The number of aliphatic carboxylic acids is 1. The summed E-state index contributed by atoms with van der Waals surface area (Å²) in [5, 5.41) is 9.62. The first-order valence-electron chi connectivity index (χ1n) is 8.19. The van der Waals surface area contributed by atoms with Crippen LogP contribution in [0.4, 0.5) is 0 Å². The second kappa shape index (κ2) is 6.14. The van der Waals surface area contributed by atoms with E-state index >= 15 is 0 Å². The lowest BCUT2D eigenvalue weighted by molar-refractivity contribution is -0.156. The average molecular weight is 315 g/mol. The van der Waals surface area contributed by atoms with Gasteiger partial charge in [0, 0.05) is 6.42 Å². The van der Waals surface area contributed by atoms with Crippen LogP contribution >= 0.6 is 0 Å². The Morgan fingerprint density at radius 1 is 1.04 bits per heavy atom. The van der Waals surface area contributed by atoms with E-state index in [0.717, 1.165) is 30.6 Å². The molecule has 2 fully saturated rings. The molecule has 5 nitrogen and oxygen atoms in total. The van der Waals surface area contributed by atoms with E-state index in [1.807, 2.05) is 0 Å². The summed E-state index contributed by atoms with van der Waals surface area (Å²) in [5.41, 5.74) is -0.205. The molecule has 2 aliphatic rings. The number of likely N-dealkylation sites (tertiary alicyclic amines) is 1. The zero-order valence-electron chi connectivity index (χ0n) is 13.0. The molecule has 2 amide bonds. The van der Waals surface area contributed by atoms with E-state index < -0.39 is 17.4 Å². The summed E-state index contributed by atoms with van der Waals surface area (Å²) in [5.74, 6) is -1.81. The molecule has 1 saturated heterocycles. The number of hydrogen-bond acceptors (Lipinski definition) is 3. The van der Waals surface area contributed by atoms with Crippen molar-refractivity contribution in [3.8, 4) is 0 Å². The number of rotatable bonds is 3. The van der Waals surface area contributed by atoms with E-state index in [1.165, 1.54) is 0 Å². The summed E-state index contributed by atoms with van der Waals surface area (Å²) < 4.78 is 0. The Morgan fingerprint density at radius 3 is 2.22 bits per heavy atom. The van der Waals surface area contributed by atoms with Crippen LogP contribution in [0.3, 0.4) is 0 Å². The molecule has 0 bridgehead atoms. The number of imide groups is 1. The van der Waals surface area contributed by atoms with E-state index in [-0.39, 0.29) is 18.2 Å². The van der Waals surface area contributed by atoms with Gasteiger partial charge in [0.2, 0.25) is 11.8 Å². The van der Waals surface area contributed by atoms with E-state index in [9.17, 15) is 19.5 Å². The van der Waals surface area contributed by atoms with Crippen molar-refractivity contribution in [3.63, 3.8) is 0 Å². The maximum Gasteiger partial charge on any atom is 0.331 e. The van der Waals surface area contributed by atoms with Gasteiger partial charge >= 0.3 is 5.97 Å². The zero-order valence-corrected chi connectivity index (χ0v) is 13.0. The number of carboxylic acids is 1. The Morgan fingerprint density at radius 2 is 1.65 bits per heavy atom. The van der Waals surface area contributed by atoms with Crippen molar-refractivity contribution in [3.05, 3.63) is 35.9 Å². The van der Waals surface area contributed by atoms with Crippen molar-refractivity contribution in [2.75, 3.05) is 0 Å². The number of carbonyl (C=O) groups excluding carboxylic acids is 2. The lowest BCUT2D eigenvalue weighted by atomic mass is 9.79. The van der Waals surface area contributed by atoms with Gasteiger partial charge in [-0.3, -0.25) is 14.5 Å². The van der Waals surface area contributed by atoms with E-state index in [2.05, 4.69) is 0 Å². The van der Waals surface area contributed by atoms with E-state index in [4.69, 9.17) is 0 Å².